The molecule has 1 rings (SSSR count). The van der Waals surface area contributed by atoms with E-state index in [-0.39, 0.29) is 11.7 Å². The molecule has 0 fully saturated rings. The van der Waals surface area contributed by atoms with Gasteiger partial charge < -0.3 is 15.4 Å². The van der Waals surface area contributed by atoms with Crippen LogP contribution in [0.25, 0.3) is 0 Å². The molecule has 2 N–H and O–H groups in total. The van der Waals surface area contributed by atoms with Gasteiger partial charge in [0.25, 0.3) is 0 Å². The molecule has 0 aliphatic heterocycles. The van der Waals surface area contributed by atoms with Gasteiger partial charge in [0.15, 0.2) is 0 Å². The van der Waals surface area contributed by atoms with Crippen LogP contribution in [-0.2, 0) is 11.3 Å². The van der Waals surface area contributed by atoms with Crippen LogP contribution in [0.1, 0.15) is 31.2 Å². The summed E-state index contributed by atoms with van der Waals surface area (Å²) in [6.07, 6.45) is 3.23. The van der Waals surface area contributed by atoms with E-state index in [0.717, 1.165) is 24.8 Å². The van der Waals surface area contributed by atoms with E-state index in [1.165, 1.54) is 12.1 Å². The van der Waals surface area contributed by atoms with E-state index in [0.29, 0.717) is 19.5 Å². The first-order valence-corrected chi connectivity index (χ1v) is 7.00. The Morgan fingerprint density at radius 3 is 2.48 bits per heavy atom. The normalized spacial score (nSPS) is 10.7. The Morgan fingerprint density at radius 1 is 1.24 bits per heavy atom. The highest BCUT2D eigenvalue weighted by Crippen LogP contribution is 2.16. The summed E-state index contributed by atoms with van der Waals surface area (Å²) in [6.45, 7) is -1.73. The number of ether oxygens (including phenoxy) is 1. The molecular weight excluding hydrogens is 278 g/mol. The number of alkyl halides is 2. The summed E-state index contributed by atoms with van der Waals surface area (Å²) < 4.78 is 28.3. The molecule has 1 aromatic carbocycles. The van der Waals surface area contributed by atoms with E-state index in [2.05, 4.69) is 4.74 Å². The Balaban J connectivity index is 2.39. The van der Waals surface area contributed by atoms with E-state index in [1.54, 1.807) is 24.1 Å². The molecular formula is C15H22F2N2O2. The highest BCUT2D eigenvalue weighted by molar-refractivity contribution is 5.75. The van der Waals surface area contributed by atoms with E-state index in [9.17, 15) is 13.6 Å². The van der Waals surface area contributed by atoms with Crippen molar-refractivity contribution >= 4 is 5.91 Å². The van der Waals surface area contributed by atoms with Gasteiger partial charge in [-0.15, -0.1) is 0 Å². The Hall–Kier alpha value is -1.69. The number of benzene rings is 1. The Labute approximate surface area is 123 Å². The second-order valence-electron chi connectivity index (χ2n) is 4.87. The molecule has 0 aromatic heterocycles. The number of unbranched alkanes of at least 4 members (excludes halogenated alkanes) is 2. The quantitative estimate of drug-likeness (QED) is 0.713. The number of amides is 1. The Morgan fingerprint density at radius 2 is 1.90 bits per heavy atom. The molecule has 0 aliphatic rings. The lowest BCUT2D eigenvalue weighted by atomic mass is 10.1. The molecule has 0 spiro atoms. The standard InChI is InChI=1S/C15H22F2N2O2/c1-19(14(20)5-3-2-4-10-18)11-12-6-8-13(9-7-12)21-15(16)17/h6-9,15H,2-5,10-11,18H2,1H3. The molecule has 0 unspecified atom stereocenters. The van der Waals surface area contributed by atoms with E-state index in [4.69, 9.17) is 5.73 Å². The molecule has 1 aromatic rings. The minimum atomic E-state index is -2.83. The van der Waals surface area contributed by atoms with Gasteiger partial charge in [-0.2, -0.15) is 8.78 Å². The second-order valence-corrected chi connectivity index (χ2v) is 4.87. The third-order valence-electron chi connectivity index (χ3n) is 3.09. The molecule has 4 nitrogen and oxygen atoms in total. The largest absolute Gasteiger partial charge is 0.435 e. The van der Waals surface area contributed by atoms with Crippen molar-refractivity contribution in [2.75, 3.05) is 13.6 Å². The SMILES string of the molecule is CN(Cc1ccc(OC(F)F)cc1)C(=O)CCCCCN. The lowest BCUT2D eigenvalue weighted by Crippen LogP contribution is -2.25. The van der Waals surface area contributed by atoms with Crippen LogP contribution < -0.4 is 10.5 Å². The number of nitrogens with zero attached hydrogens (tertiary/aromatic N) is 1. The van der Waals surface area contributed by atoms with Crippen LogP contribution >= 0.6 is 0 Å². The fourth-order valence-corrected chi connectivity index (χ4v) is 1.93. The van der Waals surface area contributed by atoms with Gasteiger partial charge in [-0.25, -0.2) is 0 Å². The molecule has 0 radical (unpaired) electrons. The second kappa shape index (κ2) is 9.28. The molecule has 0 atom stereocenters. The maximum absolute atomic E-state index is 12.0. The summed E-state index contributed by atoms with van der Waals surface area (Å²) in [5.41, 5.74) is 6.27. The summed E-state index contributed by atoms with van der Waals surface area (Å²) >= 11 is 0. The van der Waals surface area contributed by atoms with E-state index >= 15 is 0 Å². The zero-order chi connectivity index (χ0) is 15.7. The number of nitrogens with two attached hydrogens (primary N) is 1. The fourth-order valence-electron chi connectivity index (χ4n) is 1.93. The van der Waals surface area contributed by atoms with Gasteiger partial charge >= 0.3 is 6.61 Å². The molecule has 0 saturated carbocycles. The summed E-state index contributed by atoms with van der Waals surface area (Å²) in [4.78, 5) is 13.5. The molecule has 118 valence electrons. The van der Waals surface area contributed by atoms with Crippen LogP contribution in [0.4, 0.5) is 8.78 Å². The highest BCUT2D eigenvalue weighted by atomic mass is 19.3. The average Bonchev–Trinajstić information content (AvgIpc) is 2.45. The van der Waals surface area contributed by atoms with Crippen molar-refractivity contribution < 1.29 is 18.3 Å². The smallest absolute Gasteiger partial charge is 0.387 e. The van der Waals surface area contributed by atoms with Crippen molar-refractivity contribution in [3.63, 3.8) is 0 Å². The summed E-state index contributed by atoms with van der Waals surface area (Å²) in [5.74, 6) is 0.185. The minimum absolute atomic E-state index is 0.0694. The van der Waals surface area contributed by atoms with Crippen molar-refractivity contribution in [2.45, 2.75) is 38.8 Å². The fraction of sp³-hybridized carbons (Fsp3) is 0.533. The summed E-state index contributed by atoms with van der Waals surface area (Å²) in [6, 6.07) is 6.30. The number of hydrogen-bond acceptors (Lipinski definition) is 3. The van der Waals surface area contributed by atoms with Gasteiger partial charge in [-0.05, 0) is 37.1 Å². The third-order valence-corrected chi connectivity index (χ3v) is 3.09. The Kier molecular flexibility index (Phi) is 7.68. The zero-order valence-electron chi connectivity index (χ0n) is 12.2. The van der Waals surface area contributed by atoms with Crippen LogP contribution in [-0.4, -0.2) is 31.0 Å². The van der Waals surface area contributed by atoms with Crippen LogP contribution in [0.2, 0.25) is 0 Å². The average molecular weight is 300 g/mol. The maximum Gasteiger partial charge on any atom is 0.387 e. The molecule has 0 saturated heterocycles. The predicted octanol–water partition coefficient (Wildman–Crippen LogP) is 2.77. The number of rotatable bonds is 9. The lowest BCUT2D eigenvalue weighted by molar-refractivity contribution is -0.130. The molecule has 6 heteroatoms. The van der Waals surface area contributed by atoms with Crippen LogP contribution in [0, 0.1) is 0 Å². The number of carbonyl (C=O) groups is 1. The topological polar surface area (TPSA) is 55.6 Å². The lowest BCUT2D eigenvalue weighted by Gasteiger charge is -2.17. The summed E-state index contributed by atoms with van der Waals surface area (Å²) in [7, 11) is 1.73. The number of halogens is 2. The van der Waals surface area contributed by atoms with Crippen LogP contribution in [0.5, 0.6) is 5.75 Å². The van der Waals surface area contributed by atoms with Gasteiger partial charge in [0, 0.05) is 20.0 Å². The number of carbonyl (C=O) groups excluding carboxylic acids is 1. The van der Waals surface area contributed by atoms with Gasteiger partial charge in [-0.3, -0.25) is 4.79 Å². The monoisotopic (exact) mass is 300 g/mol. The van der Waals surface area contributed by atoms with Crippen molar-refractivity contribution in [3.05, 3.63) is 29.8 Å². The molecule has 21 heavy (non-hydrogen) atoms. The van der Waals surface area contributed by atoms with Crippen molar-refractivity contribution in [1.29, 1.82) is 0 Å². The van der Waals surface area contributed by atoms with Gasteiger partial charge in [0.2, 0.25) is 5.91 Å². The van der Waals surface area contributed by atoms with Gasteiger partial charge in [0.05, 0.1) is 0 Å². The maximum atomic E-state index is 12.0. The first kappa shape index (κ1) is 17.4. The van der Waals surface area contributed by atoms with Crippen LogP contribution in [0.15, 0.2) is 24.3 Å². The first-order valence-electron chi connectivity index (χ1n) is 7.00. The van der Waals surface area contributed by atoms with Crippen LogP contribution in [0.3, 0.4) is 0 Å². The first-order chi connectivity index (χ1) is 10.0. The van der Waals surface area contributed by atoms with Crippen molar-refractivity contribution in [1.82, 2.24) is 4.90 Å². The Bertz CT molecular complexity index is 424. The van der Waals surface area contributed by atoms with Gasteiger partial charge in [-0.1, -0.05) is 18.6 Å². The molecule has 0 aliphatic carbocycles. The molecule has 0 bridgehead atoms. The zero-order valence-corrected chi connectivity index (χ0v) is 12.2. The van der Waals surface area contributed by atoms with E-state index < -0.39 is 6.61 Å². The van der Waals surface area contributed by atoms with E-state index in [1.807, 2.05) is 0 Å². The predicted molar refractivity (Wildman–Crippen MR) is 77.1 cm³/mol. The van der Waals surface area contributed by atoms with Gasteiger partial charge in [0.1, 0.15) is 5.75 Å². The molecule has 0 heterocycles. The number of hydrogen-bond donors (Lipinski definition) is 1. The highest BCUT2D eigenvalue weighted by Gasteiger charge is 2.09. The van der Waals surface area contributed by atoms with Crippen molar-refractivity contribution in [2.24, 2.45) is 5.73 Å². The molecule has 1 amide bonds. The minimum Gasteiger partial charge on any atom is -0.435 e. The third kappa shape index (κ3) is 7.04. The van der Waals surface area contributed by atoms with Crippen molar-refractivity contribution in [3.8, 4) is 5.75 Å². The summed E-state index contributed by atoms with van der Waals surface area (Å²) in [5, 5.41) is 0.